The molecule has 6 heteroatoms. The molecule has 0 radical (unpaired) electrons. The summed E-state index contributed by atoms with van der Waals surface area (Å²) in [4.78, 5) is 17.5. The van der Waals surface area contributed by atoms with Gasteiger partial charge >= 0.3 is 0 Å². The molecule has 0 unspecified atom stereocenters. The van der Waals surface area contributed by atoms with Gasteiger partial charge < -0.3 is 15.0 Å². The normalized spacial score (nSPS) is 14.3. The molecule has 31 heavy (non-hydrogen) atoms. The van der Waals surface area contributed by atoms with Crippen molar-refractivity contribution in [2.45, 2.75) is 6.54 Å². The molecule has 1 heterocycles. The topological polar surface area (TPSA) is 44.8 Å². The Kier molecular flexibility index (Phi) is 6.75. The molecule has 1 N–H and O–H groups in total. The zero-order valence-electron chi connectivity index (χ0n) is 17.6. The Balaban J connectivity index is 1.32. The molecule has 4 rings (SSSR count). The van der Waals surface area contributed by atoms with Crippen LogP contribution in [-0.4, -0.2) is 44.1 Å². The van der Waals surface area contributed by atoms with Gasteiger partial charge in [-0.15, -0.1) is 0 Å². The van der Waals surface area contributed by atoms with E-state index in [2.05, 4.69) is 45.4 Å². The predicted octanol–water partition coefficient (Wildman–Crippen LogP) is 4.92. The number of hydrogen-bond acceptors (Lipinski definition) is 4. The first-order valence-corrected chi connectivity index (χ1v) is 10.8. The van der Waals surface area contributed by atoms with Crippen LogP contribution in [0.4, 0.5) is 11.4 Å². The number of hydrogen-bond donors (Lipinski definition) is 1. The van der Waals surface area contributed by atoms with E-state index in [1.165, 1.54) is 11.3 Å². The number of rotatable bonds is 6. The first kappa shape index (κ1) is 21.2. The van der Waals surface area contributed by atoms with E-state index >= 15 is 0 Å². The van der Waals surface area contributed by atoms with Crippen LogP contribution in [-0.2, 0) is 6.54 Å². The molecule has 3 aromatic rings. The summed E-state index contributed by atoms with van der Waals surface area (Å²) >= 11 is 6.05. The molecule has 1 aliphatic rings. The highest BCUT2D eigenvalue weighted by molar-refractivity contribution is 6.31. The molecule has 5 nitrogen and oxygen atoms in total. The molecule has 0 aromatic heterocycles. The molecule has 160 valence electrons. The van der Waals surface area contributed by atoms with Crippen molar-refractivity contribution >= 4 is 28.9 Å². The van der Waals surface area contributed by atoms with Crippen LogP contribution in [0, 0.1) is 0 Å². The van der Waals surface area contributed by atoms with Crippen LogP contribution in [0.2, 0.25) is 5.02 Å². The number of carbonyl (C=O) groups is 1. The SMILES string of the molecule is COc1ccc(Cl)cc1NC(=O)c1ccc(CN2CCN(c3ccccc3)CC2)cc1. The number of para-hydroxylation sites is 1. The maximum absolute atomic E-state index is 12.6. The second-order valence-corrected chi connectivity index (χ2v) is 8.03. The van der Waals surface area contributed by atoms with Crippen molar-refractivity contribution in [1.82, 2.24) is 4.90 Å². The van der Waals surface area contributed by atoms with Gasteiger partial charge in [-0.3, -0.25) is 9.69 Å². The van der Waals surface area contributed by atoms with Gasteiger partial charge in [-0.2, -0.15) is 0 Å². The quantitative estimate of drug-likeness (QED) is 0.596. The molecule has 3 aromatic carbocycles. The number of benzene rings is 3. The lowest BCUT2D eigenvalue weighted by Crippen LogP contribution is -2.45. The summed E-state index contributed by atoms with van der Waals surface area (Å²) in [5.74, 6) is 0.382. The fourth-order valence-electron chi connectivity index (χ4n) is 3.80. The van der Waals surface area contributed by atoms with Crippen LogP contribution in [0.3, 0.4) is 0 Å². The third-order valence-corrected chi connectivity index (χ3v) is 5.76. The van der Waals surface area contributed by atoms with Gasteiger partial charge in [-0.05, 0) is 48.0 Å². The number of ether oxygens (including phenoxy) is 1. The van der Waals surface area contributed by atoms with Gasteiger partial charge in [0.2, 0.25) is 0 Å². The summed E-state index contributed by atoms with van der Waals surface area (Å²) in [5, 5.41) is 3.42. The van der Waals surface area contributed by atoms with Crippen molar-refractivity contribution in [2.75, 3.05) is 43.5 Å². The van der Waals surface area contributed by atoms with Crippen molar-refractivity contribution < 1.29 is 9.53 Å². The lowest BCUT2D eigenvalue weighted by Gasteiger charge is -2.36. The first-order valence-electron chi connectivity index (χ1n) is 10.4. The Morgan fingerprint density at radius 1 is 0.968 bits per heavy atom. The van der Waals surface area contributed by atoms with E-state index in [1.54, 1.807) is 25.3 Å². The zero-order valence-corrected chi connectivity index (χ0v) is 18.3. The molecule has 0 bridgehead atoms. The highest BCUT2D eigenvalue weighted by Crippen LogP contribution is 2.28. The third-order valence-electron chi connectivity index (χ3n) is 5.53. The second kappa shape index (κ2) is 9.86. The molecule has 0 aliphatic carbocycles. The van der Waals surface area contributed by atoms with Gasteiger partial charge in [0.15, 0.2) is 0 Å². The number of nitrogens with zero attached hydrogens (tertiary/aromatic N) is 2. The Morgan fingerprint density at radius 2 is 1.68 bits per heavy atom. The van der Waals surface area contributed by atoms with Gasteiger partial charge in [0.1, 0.15) is 5.75 Å². The maximum Gasteiger partial charge on any atom is 0.255 e. The van der Waals surface area contributed by atoms with Crippen LogP contribution in [0.15, 0.2) is 72.8 Å². The lowest BCUT2D eigenvalue weighted by atomic mass is 10.1. The molecule has 1 fully saturated rings. The molecule has 1 saturated heterocycles. The summed E-state index contributed by atoms with van der Waals surface area (Å²) in [6.07, 6.45) is 0. The van der Waals surface area contributed by atoms with Gasteiger partial charge in [-0.25, -0.2) is 0 Å². The van der Waals surface area contributed by atoms with E-state index in [-0.39, 0.29) is 5.91 Å². The Labute approximate surface area is 188 Å². The van der Waals surface area contributed by atoms with Crippen molar-refractivity contribution in [3.8, 4) is 5.75 Å². The summed E-state index contributed by atoms with van der Waals surface area (Å²) in [6.45, 7) is 4.96. The van der Waals surface area contributed by atoms with E-state index in [9.17, 15) is 4.79 Å². The van der Waals surface area contributed by atoms with Crippen LogP contribution in [0.25, 0.3) is 0 Å². The third kappa shape index (κ3) is 5.37. The maximum atomic E-state index is 12.6. The summed E-state index contributed by atoms with van der Waals surface area (Å²) in [6, 6.07) is 23.5. The fraction of sp³-hybridized carbons (Fsp3) is 0.240. The summed E-state index contributed by atoms with van der Waals surface area (Å²) < 4.78 is 5.29. The van der Waals surface area contributed by atoms with Crippen LogP contribution >= 0.6 is 11.6 Å². The molecule has 1 amide bonds. The Morgan fingerprint density at radius 3 is 2.35 bits per heavy atom. The van der Waals surface area contributed by atoms with Gasteiger partial charge in [0.05, 0.1) is 12.8 Å². The summed E-state index contributed by atoms with van der Waals surface area (Å²) in [5.41, 5.74) is 3.64. The number of carbonyl (C=O) groups excluding carboxylic acids is 1. The van der Waals surface area contributed by atoms with Crippen LogP contribution in [0.5, 0.6) is 5.75 Å². The van der Waals surface area contributed by atoms with E-state index in [0.717, 1.165) is 32.7 Å². The molecule has 0 saturated carbocycles. The van der Waals surface area contributed by atoms with Gasteiger partial charge in [0, 0.05) is 49.0 Å². The monoisotopic (exact) mass is 435 g/mol. The highest BCUT2D eigenvalue weighted by Gasteiger charge is 2.17. The number of halogens is 1. The first-order chi connectivity index (χ1) is 15.1. The molecule has 0 spiro atoms. The highest BCUT2D eigenvalue weighted by atomic mass is 35.5. The minimum Gasteiger partial charge on any atom is -0.495 e. The van der Waals surface area contributed by atoms with E-state index in [0.29, 0.717) is 22.0 Å². The fourth-order valence-corrected chi connectivity index (χ4v) is 3.97. The Hall–Kier alpha value is -3.02. The van der Waals surface area contributed by atoms with Gasteiger partial charge in [-0.1, -0.05) is 41.9 Å². The van der Waals surface area contributed by atoms with Crippen molar-refractivity contribution in [3.63, 3.8) is 0 Å². The number of methoxy groups -OCH3 is 1. The molecular weight excluding hydrogens is 410 g/mol. The van der Waals surface area contributed by atoms with Crippen molar-refractivity contribution in [1.29, 1.82) is 0 Å². The summed E-state index contributed by atoms with van der Waals surface area (Å²) in [7, 11) is 1.56. The number of amides is 1. The number of anilines is 2. The second-order valence-electron chi connectivity index (χ2n) is 7.59. The van der Waals surface area contributed by atoms with E-state index < -0.39 is 0 Å². The standard InChI is InChI=1S/C25H26ClN3O2/c1-31-24-12-11-21(26)17-23(24)27-25(30)20-9-7-19(8-10-20)18-28-13-15-29(16-14-28)22-5-3-2-4-6-22/h2-12,17H,13-16,18H2,1H3,(H,27,30). The largest absolute Gasteiger partial charge is 0.495 e. The lowest BCUT2D eigenvalue weighted by molar-refractivity contribution is 0.102. The minimum atomic E-state index is -0.191. The smallest absolute Gasteiger partial charge is 0.255 e. The van der Waals surface area contributed by atoms with E-state index in [4.69, 9.17) is 16.3 Å². The van der Waals surface area contributed by atoms with Crippen LogP contribution < -0.4 is 15.0 Å². The number of piperazine rings is 1. The molecule has 1 aliphatic heterocycles. The van der Waals surface area contributed by atoms with Crippen molar-refractivity contribution in [3.05, 3.63) is 88.9 Å². The van der Waals surface area contributed by atoms with Gasteiger partial charge in [0.25, 0.3) is 5.91 Å². The predicted molar refractivity (Wildman–Crippen MR) is 126 cm³/mol. The molecular formula is C25H26ClN3O2. The zero-order chi connectivity index (χ0) is 21.6. The average Bonchev–Trinajstić information content (AvgIpc) is 2.81. The van der Waals surface area contributed by atoms with Crippen LogP contribution in [0.1, 0.15) is 15.9 Å². The molecule has 0 atom stereocenters. The van der Waals surface area contributed by atoms with Crippen molar-refractivity contribution in [2.24, 2.45) is 0 Å². The minimum absolute atomic E-state index is 0.191. The average molecular weight is 436 g/mol. The Bertz CT molecular complexity index is 1020. The number of nitrogens with one attached hydrogen (secondary N) is 1. The van der Waals surface area contributed by atoms with E-state index in [1.807, 2.05) is 24.3 Å².